The first kappa shape index (κ1) is 21.8. The van der Waals surface area contributed by atoms with Gasteiger partial charge < -0.3 is 14.6 Å². The molecule has 2 heterocycles. The first-order chi connectivity index (χ1) is 13.7. The number of hydrogen-bond donors (Lipinski definition) is 1. The Hall–Kier alpha value is -1.91. The average molecular weight is 541 g/mol. The van der Waals surface area contributed by atoms with Gasteiger partial charge in [-0.3, -0.25) is 4.79 Å². The third-order valence-electron chi connectivity index (χ3n) is 4.36. The first-order valence-corrected chi connectivity index (χ1v) is 14.0. The van der Waals surface area contributed by atoms with Crippen molar-refractivity contribution >= 4 is 59.1 Å². The van der Waals surface area contributed by atoms with E-state index < -0.39 is 8.07 Å². The topological polar surface area (TPSA) is 69.0 Å². The summed E-state index contributed by atoms with van der Waals surface area (Å²) in [6.07, 6.45) is 3.32. The Morgan fingerprint density at radius 1 is 1.21 bits per heavy atom. The highest BCUT2D eigenvalue weighted by Gasteiger charge is 2.23. The number of benzene rings is 1. The number of anilines is 2. The van der Waals surface area contributed by atoms with E-state index in [-0.39, 0.29) is 11.4 Å². The molecule has 3 rings (SSSR count). The summed E-state index contributed by atoms with van der Waals surface area (Å²) in [7, 11) is -0.110. The van der Waals surface area contributed by atoms with Crippen molar-refractivity contribution in [3.8, 4) is 5.75 Å². The van der Waals surface area contributed by atoms with Crippen LogP contribution in [0.5, 0.6) is 5.75 Å². The van der Waals surface area contributed by atoms with E-state index in [9.17, 15) is 4.79 Å². The summed E-state index contributed by atoms with van der Waals surface area (Å²) in [6, 6.07) is 9.56. The summed E-state index contributed by atoms with van der Waals surface area (Å²) >= 11 is 8.27. The van der Waals surface area contributed by atoms with Gasteiger partial charge in [-0.2, -0.15) is 0 Å². The fraction of sp³-hybridized carbons (Fsp3) is 0.250. The van der Waals surface area contributed by atoms with Gasteiger partial charge in [-0.05, 0) is 51.5 Å². The van der Waals surface area contributed by atoms with Crippen LogP contribution < -0.4 is 20.8 Å². The second-order valence-corrected chi connectivity index (χ2v) is 14.2. The van der Waals surface area contributed by atoms with Crippen LogP contribution in [0, 0.1) is 3.70 Å². The van der Waals surface area contributed by atoms with Crippen molar-refractivity contribution in [2.24, 2.45) is 0 Å². The van der Waals surface area contributed by atoms with Crippen LogP contribution in [-0.4, -0.2) is 29.7 Å². The number of nitrogens with one attached hydrogen (secondary N) is 1. The molecule has 0 aliphatic rings. The number of rotatable bonds is 6. The summed E-state index contributed by atoms with van der Waals surface area (Å²) in [6.45, 7) is 7.05. The van der Waals surface area contributed by atoms with E-state index >= 15 is 0 Å². The third kappa shape index (κ3) is 5.37. The first-order valence-electron chi connectivity index (χ1n) is 9.00. The Balaban J connectivity index is 1.97. The van der Waals surface area contributed by atoms with Gasteiger partial charge in [0, 0.05) is 12.4 Å². The number of nitrogens with zero attached hydrogens (tertiary/aromatic N) is 3. The molecule has 0 aliphatic carbocycles. The van der Waals surface area contributed by atoms with Crippen LogP contribution in [0.15, 0.2) is 47.5 Å². The summed E-state index contributed by atoms with van der Waals surface area (Å²) in [4.78, 5) is 21.9. The van der Waals surface area contributed by atoms with Crippen molar-refractivity contribution in [1.29, 1.82) is 0 Å². The molecule has 0 saturated carbocycles. The SMILES string of the molecule is COc1ccc(Cn2cc(I)nc(Nc3ncc(Cl)cc3[Si](C)(C)C)c2=O)cc1. The minimum absolute atomic E-state index is 0.209. The zero-order valence-corrected chi connectivity index (χ0v) is 20.6. The molecular weight excluding hydrogens is 519 g/mol. The van der Waals surface area contributed by atoms with E-state index in [4.69, 9.17) is 16.3 Å². The molecule has 29 heavy (non-hydrogen) atoms. The summed E-state index contributed by atoms with van der Waals surface area (Å²) in [5.74, 6) is 1.66. The third-order valence-corrected chi connectivity index (χ3v) is 7.08. The van der Waals surface area contributed by atoms with Gasteiger partial charge in [0.15, 0.2) is 5.82 Å². The lowest BCUT2D eigenvalue weighted by Gasteiger charge is -2.21. The lowest BCUT2D eigenvalue weighted by molar-refractivity contribution is 0.414. The largest absolute Gasteiger partial charge is 0.497 e. The van der Waals surface area contributed by atoms with E-state index in [1.165, 1.54) is 0 Å². The van der Waals surface area contributed by atoms with E-state index in [1.54, 1.807) is 24.1 Å². The van der Waals surface area contributed by atoms with Crippen molar-refractivity contribution < 1.29 is 4.74 Å². The van der Waals surface area contributed by atoms with Gasteiger partial charge in [0.05, 0.1) is 26.8 Å². The molecule has 6 nitrogen and oxygen atoms in total. The minimum atomic E-state index is -1.74. The summed E-state index contributed by atoms with van der Waals surface area (Å²) in [5.41, 5.74) is 0.785. The van der Waals surface area contributed by atoms with Crippen LogP contribution in [0.3, 0.4) is 0 Å². The van der Waals surface area contributed by atoms with Crippen LogP contribution in [-0.2, 0) is 6.54 Å². The molecule has 0 fully saturated rings. The number of methoxy groups -OCH3 is 1. The average Bonchev–Trinajstić information content (AvgIpc) is 2.66. The molecule has 1 aromatic carbocycles. The van der Waals surface area contributed by atoms with Crippen LogP contribution >= 0.6 is 34.2 Å². The highest BCUT2D eigenvalue weighted by Crippen LogP contribution is 2.17. The summed E-state index contributed by atoms with van der Waals surface area (Å²) in [5, 5.41) is 4.79. The van der Waals surface area contributed by atoms with E-state index in [0.29, 0.717) is 21.1 Å². The molecule has 0 amide bonds. The van der Waals surface area contributed by atoms with E-state index in [1.807, 2.05) is 30.3 Å². The Kier molecular flexibility index (Phi) is 6.64. The maximum atomic E-state index is 13.0. The van der Waals surface area contributed by atoms with Gasteiger partial charge in [-0.25, -0.2) is 9.97 Å². The number of aromatic nitrogens is 3. The van der Waals surface area contributed by atoms with Gasteiger partial charge in [0.25, 0.3) is 5.56 Å². The highest BCUT2D eigenvalue weighted by molar-refractivity contribution is 14.1. The van der Waals surface area contributed by atoms with Crippen molar-refractivity contribution in [3.63, 3.8) is 0 Å². The lowest BCUT2D eigenvalue weighted by Crippen LogP contribution is -2.40. The van der Waals surface area contributed by atoms with Crippen molar-refractivity contribution in [2.75, 3.05) is 12.4 Å². The maximum Gasteiger partial charge on any atom is 0.294 e. The molecule has 0 bridgehead atoms. The molecule has 9 heteroatoms. The molecule has 0 unspecified atom stereocenters. The van der Waals surface area contributed by atoms with Crippen molar-refractivity contribution in [2.45, 2.75) is 26.2 Å². The van der Waals surface area contributed by atoms with Gasteiger partial charge in [-0.1, -0.05) is 43.4 Å². The number of pyridine rings is 1. The Bertz CT molecular complexity index is 1080. The van der Waals surface area contributed by atoms with Gasteiger partial charge in [-0.15, -0.1) is 0 Å². The number of halogens is 2. The quantitative estimate of drug-likeness (QED) is 0.374. The molecule has 0 spiro atoms. The monoisotopic (exact) mass is 540 g/mol. The molecule has 2 aromatic heterocycles. The van der Waals surface area contributed by atoms with Crippen molar-refractivity contribution in [1.82, 2.24) is 14.5 Å². The smallest absolute Gasteiger partial charge is 0.294 e. The zero-order valence-electron chi connectivity index (χ0n) is 16.7. The minimum Gasteiger partial charge on any atom is -0.497 e. The van der Waals surface area contributed by atoms with Crippen LogP contribution in [0.1, 0.15) is 5.56 Å². The predicted octanol–water partition coefficient (Wildman–Crippen LogP) is 4.24. The molecular formula is C20H22ClIN4O2Si. The molecule has 0 radical (unpaired) electrons. The van der Waals surface area contributed by atoms with E-state index in [0.717, 1.165) is 16.5 Å². The van der Waals surface area contributed by atoms with Crippen LogP contribution in [0.25, 0.3) is 0 Å². The predicted molar refractivity (Wildman–Crippen MR) is 129 cm³/mol. The number of ether oxygens (including phenoxy) is 1. The van der Waals surface area contributed by atoms with Crippen molar-refractivity contribution in [3.05, 3.63) is 67.4 Å². The Labute approximate surface area is 189 Å². The summed E-state index contributed by atoms with van der Waals surface area (Å²) < 4.78 is 7.54. The second kappa shape index (κ2) is 8.84. The van der Waals surface area contributed by atoms with E-state index in [2.05, 4.69) is 57.5 Å². The second-order valence-electron chi connectivity index (χ2n) is 7.62. The molecule has 0 aliphatic heterocycles. The Morgan fingerprint density at radius 2 is 1.90 bits per heavy atom. The normalized spacial score (nSPS) is 11.4. The molecule has 152 valence electrons. The van der Waals surface area contributed by atoms with Crippen LogP contribution in [0.2, 0.25) is 24.7 Å². The number of hydrogen-bond acceptors (Lipinski definition) is 5. The molecule has 1 N–H and O–H groups in total. The molecule has 0 atom stereocenters. The standard InChI is InChI=1S/C20H22ClIN4O2Si/c1-28-15-7-5-13(6-8-15)11-26-12-17(22)24-19(20(26)27)25-18-16(29(2,3)4)9-14(21)10-23-18/h5-10,12H,11H2,1-4H3,(H,23,24,25). The highest BCUT2D eigenvalue weighted by atomic mass is 127. The Morgan fingerprint density at radius 3 is 2.52 bits per heavy atom. The van der Waals surface area contributed by atoms with Crippen LogP contribution in [0.4, 0.5) is 11.6 Å². The molecule has 3 aromatic rings. The fourth-order valence-electron chi connectivity index (χ4n) is 2.86. The fourth-order valence-corrected chi connectivity index (χ4v) is 5.11. The molecule has 0 saturated heterocycles. The van der Waals surface area contributed by atoms with Gasteiger partial charge in [0.1, 0.15) is 15.3 Å². The van der Waals surface area contributed by atoms with Gasteiger partial charge in [0.2, 0.25) is 0 Å². The lowest BCUT2D eigenvalue weighted by atomic mass is 10.2. The van der Waals surface area contributed by atoms with Gasteiger partial charge >= 0.3 is 0 Å². The zero-order chi connectivity index (χ0) is 21.2. The maximum absolute atomic E-state index is 13.0.